The van der Waals surface area contributed by atoms with Crippen LogP contribution >= 0.6 is 0 Å². The Morgan fingerprint density at radius 1 is 1.20 bits per heavy atom. The molecule has 2 unspecified atom stereocenters. The molecule has 0 amide bonds. The molecule has 0 saturated heterocycles. The zero-order chi connectivity index (χ0) is 11.9. The van der Waals surface area contributed by atoms with Crippen molar-refractivity contribution in [2.75, 3.05) is 11.5 Å². The number of rotatable bonds is 8. The molecule has 1 N–H and O–H groups in total. The van der Waals surface area contributed by atoms with Gasteiger partial charge in [0.1, 0.15) is 9.84 Å². The van der Waals surface area contributed by atoms with E-state index < -0.39 is 9.84 Å². The van der Waals surface area contributed by atoms with Gasteiger partial charge < -0.3 is 5.11 Å². The monoisotopic (exact) mass is 236 g/mol. The van der Waals surface area contributed by atoms with Crippen LogP contribution < -0.4 is 0 Å². The average molecular weight is 236 g/mol. The summed E-state index contributed by atoms with van der Waals surface area (Å²) in [5.74, 6) is 0.687. The van der Waals surface area contributed by atoms with Crippen LogP contribution in [0.25, 0.3) is 0 Å². The van der Waals surface area contributed by atoms with Gasteiger partial charge in [-0.25, -0.2) is 8.42 Å². The van der Waals surface area contributed by atoms with Crippen molar-refractivity contribution in [1.29, 1.82) is 0 Å². The van der Waals surface area contributed by atoms with Gasteiger partial charge in [0, 0.05) is 5.75 Å². The summed E-state index contributed by atoms with van der Waals surface area (Å²) >= 11 is 0. The fourth-order valence-corrected chi connectivity index (χ4v) is 2.48. The van der Waals surface area contributed by atoms with E-state index in [4.69, 9.17) is 0 Å². The first-order valence-corrected chi connectivity index (χ1v) is 7.63. The van der Waals surface area contributed by atoms with Crippen molar-refractivity contribution in [2.45, 2.75) is 52.6 Å². The number of hydrogen-bond donors (Lipinski definition) is 1. The third kappa shape index (κ3) is 6.90. The summed E-state index contributed by atoms with van der Waals surface area (Å²) in [4.78, 5) is 0. The lowest BCUT2D eigenvalue weighted by molar-refractivity contribution is 0.102. The molecule has 3 nitrogen and oxygen atoms in total. The van der Waals surface area contributed by atoms with Gasteiger partial charge in [0.2, 0.25) is 0 Å². The molecule has 0 aliphatic carbocycles. The van der Waals surface area contributed by atoms with Crippen LogP contribution in [0.5, 0.6) is 0 Å². The molecule has 92 valence electrons. The Morgan fingerprint density at radius 2 is 1.80 bits per heavy atom. The lowest BCUT2D eigenvalue weighted by Gasteiger charge is -2.17. The first kappa shape index (κ1) is 14.9. The molecule has 0 aliphatic rings. The van der Waals surface area contributed by atoms with Crippen molar-refractivity contribution in [3.63, 3.8) is 0 Å². The Kier molecular flexibility index (Phi) is 7.18. The standard InChI is InChI=1S/C11H24O3S/c1-4-7-10(3)11(12)8-6-9-15(13,14)5-2/h10-12H,4-9H2,1-3H3. The van der Waals surface area contributed by atoms with Crippen LogP contribution in [-0.4, -0.2) is 31.1 Å². The lowest BCUT2D eigenvalue weighted by atomic mass is 9.96. The van der Waals surface area contributed by atoms with Gasteiger partial charge in [0.25, 0.3) is 0 Å². The summed E-state index contributed by atoms with van der Waals surface area (Å²) in [6.45, 7) is 5.76. The maximum Gasteiger partial charge on any atom is 0.150 e. The number of aliphatic hydroxyl groups is 1. The summed E-state index contributed by atoms with van der Waals surface area (Å²) in [6.07, 6.45) is 2.89. The van der Waals surface area contributed by atoms with Crippen LogP contribution in [0.15, 0.2) is 0 Å². The van der Waals surface area contributed by atoms with E-state index in [9.17, 15) is 13.5 Å². The molecule has 0 rings (SSSR count). The first-order chi connectivity index (χ1) is 6.93. The van der Waals surface area contributed by atoms with Crippen LogP contribution in [0.2, 0.25) is 0 Å². The highest BCUT2D eigenvalue weighted by Crippen LogP contribution is 2.15. The van der Waals surface area contributed by atoms with E-state index in [0.717, 1.165) is 12.8 Å². The van der Waals surface area contributed by atoms with Crippen molar-refractivity contribution in [3.05, 3.63) is 0 Å². The number of aliphatic hydroxyl groups excluding tert-OH is 1. The van der Waals surface area contributed by atoms with Crippen LogP contribution in [0.3, 0.4) is 0 Å². The molecule has 0 aromatic carbocycles. The van der Waals surface area contributed by atoms with Gasteiger partial charge in [-0.1, -0.05) is 27.2 Å². The van der Waals surface area contributed by atoms with E-state index in [2.05, 4.69) is 6.92 Å². The SMILES string of the molecule is CCCC(C)C(O)CCCS(=O)(=O)CC. The fourth-order valence-electron chi connectivity index (χ4n) is 1.59. The van der Waals surface area contributed by atoms with Gasteiger partial charge in [-0.05, 0) is 25.2 Å². The molecule has 2 atom stereocenters. The summed E-state index contributed by atoms with van der Waals surface area (Å²) in [5.41, 5.74) is 0. The minimum Gasteiger partial charge on any atom is -0.393 e. The van der Waals surface area contributed by atoms with Crippen LogP contribution in [0, 0.1) is 5.92 Å². The summed E-state index contributed by atoms with van der Waals surface area (Å²) < 4.78 is 22.4. The number of hydrogen-bond acceptors (Lipinski definition) is 3. The third-order valence-corrected chi connectivity index (χ3v) is 4.59. The predicted octanol–water partition coefficient (Wildman–Crippen LogP) is 2.00. The molecule has 0 aromatic heterocycles. The predicted molar refractivity (Wildman–Crippen MR) is 63.6 cm³/mol. The van der Waals surface area contributed by atoms with E-state index in [1.54, 1.807) is 6.92 Å². The van der Waals surface area contributed by atoms with E-state index in [-0.39, 0.29) is 23.5 Å². The second-order valence-electron chi connectivity index (χ2n) is 4.21. The highest BCUT2D eigenvalue weighted by atomic mass is 32.2. The topological polar surface area (TPSA) is 54.4 Å². The average Bonchev–Trinajstić information content (AvgIpc) is 2.18. The minimum absolute atomic E-state index is 0.202. The molecule has 0 radical (unpaired) electrons. The largest absolute Gasteiger partial charge is 0.393 e. The molecular weight excluding hydrogens is 212 g/mol. The molecule has 0 fully saturated rings. The quantitative estimate of drug-likeness (QED) is 0.701. The zero-order valence-corrected chi connectivity index (χ0v) is 10.9. The van der Waals surface area contributed by atoms with Gasteiger partial charge in [0.05, 0.1) is 11.9 Å². The van der Waals surface area contributed by atoms with Gasteiger partial charge in [0.15, 0.2) is 0 Å². The smallest absolute Gasteiger partial charge is 0.150 e. The molecule has 0 heterocycles. The Balaban J connectivity index is 3.77. The summed E-state index contributed by atoms with van der Waals surface area (Å²) in [7, 11) is -2.86. The zero-order valence-electron chi connectivity index (χ0n) is 10.1. The minimum atomic E-state index is -2.86. The molecular formula is C11H24O3S. The molecule has 0 spiro atoms. The molecule has 0 aliphatic heterocycles. The van der Waals surface area contributed by atoms with Gasteiger partial charge in [-0.15, -0.1) is 0 Å². The summed E-state index contributed by atoms with van der Waals surface area (Å²) in [5, 5.41) is 9.72. The molecule has 0 bridgehead atoms. The Morgan fingerprint density at radius 3 is 2.27 bits per heavy atom. The number of sulfone groups is 1. The highest BCUT2D eigenvalue weighted by molar-refractivity contribution is 7.91. The normalized spacial score (nSPS) is 16.3. The van der Waals surface area contributed by atoms with Gasteiger partial charge >= 0.3 is 0 Å². The maximum absolute atomic E-state index is 11.2. The Bertz CT molecular complexity index is 247. The van der Waals surface area contributed by atoms with E-state index in [0.29, 0.717) is 12.8 Å². The molecule has 0 saturated carbocycles. The maximum atomic E-state index is 11.2. The lowest BCUT2D eigenvalue weighted by Crippen LogP contribution is -2.19. The second kappa shape index (κ2) is 7.23. The van der Waals surface area contributed by atoms with Crippen molar-refractivity contribution in [1.82, 2.24) is 0 Å². The van der Waals surface area contributed by atoms with Crippen molar-refractivity contribution in [2.24, 2.45) is 5.92 Å². The second-order valence-corrected chi connectivity index (χ2v) is 6.68. The third-order valence-electron chi connectivity index (χ3n) is 2.80. The van der Waals surface area contributed by atoms with Crippen LogP contribution in [0.4, 0.5) is 0 Å². The van der Waals surface area contributed by atoms with Crippen LogP contribution in [-0.2, 0) is 9.84 Å². The summed E-state index contributed by atoms with van der Waals surface area (Å²) in [6, 6.07) is 0. The molecule has 4 heteroatoms. The van der Waals surface area contributed by atoms with Crippen LogP contribution in [0.1, 0.15) is 46.5 Å². The first-order valence-electron chi connectivity index (χ1n) is 5.81. The Hall–Kier alpha value is -0.0900. The van der Waals surface area contributed by atoms with Gasteiger partial charge in [-0.3, -0.25) is 0 Å². The van der Waals surface area contributed by atoms with Gasteiger partial charge in [-0.2, -0.15) is 0 Å². The van der Waals surface area contributed by atoms with E-state index in [1.165, 1.54) is 0 Å². The fraction of sp³-hybridized carbons (Fsp3) is 1.00. The van der Waals surface area contributed by atoms with Crippen molar-refractivity contribution in [3.8, 4) is 0 Å². The van der Waals surface area contributed by atoms with E-state index in [1.807, 2.05) is 6.92 Å². The Labute approximate surface area is 93.8 Å². The molecule has 15 heavy (non-hydrogen) atoms. The highest BCUT2D eigenvalue weighted by Gasteiger charge is 2.14. The van der Waals surface area contributed by atoms with E-state index >= 15 is 0 Å². The van der Waals surface area contributed by atoms with Crippen molar-refractivity contribution >= 4 is 9.84 Å². The molecule has 0 aromatic rings. The van der Waals surface area contributed by atoms with Crippen molar-refractivity contribution < 1.29 is 13.5 Å².